The summed E-state index contributed by atoms with van der Waals surface area (Å²) in [5, 5.41) is 9.27. The third kappa shape index (κ3) is 3.85. The highest BCUT2D eigenvalue weighted by Gasteiger charge is 2.36. The van der Waals surface area contributed by atoms with Crippen LogP contribution >= 0.6 is 0 Å². The van der Waals surface area contributed by atoms with Crippen LogP contribution in [0.4, 0.5) is 0 Å². The Morgan fingerprint density at radius 1 is 1.16 bits per heavy atom. The van der Waals surface area contributed by atoms with Gasteiger partial charge in [0.25, 0.3) is 5.91 Å². The number of aliphatic carboxylic acids is 1. The third-order valence-corrected chi connectivity index (χ3v) is 6.59. The van der Waals surface area contributed by atoms with Crippen LogP contribution in [0.1, 0.15) is 43.5 Å². The number of hydrogen-bond acceptors (Lipinski definition) is 4. The zero-order chi connectivity index (χ0) is 18.8. The van der Waals surface area contributed by atoms with Gasteiger partial charge in [0.05, 0.1) is 4.90 Å². The highest BCUT2D eigenvalue weighted by Crippen LogP contribution is 2.23. The molecule has 1 saturated heterocycles. The van der Waals surface area contributed by atoms with Crippen molar-refractivity contribution in [1.29, 1.82) is 0 Å². The number of carboxylic acid groups (broad SMARTS) is 1. The molecule has 1 aromatic rings. The number of benzene rings is 1. The minimum atomic E-state index is -3.65. The van der Waals surface area contributed by atoms with E-state index in [4.69, 9.17) is 0 Å². The lowest BCUT2D eigenvalue weighted by molar-refractivity contribution is -0.147. The highest BCUT2D eigenvalue weighted by atomic mass is 32.2. The van der Waals surface area contributed by atoms with Gasteiger partial charge < -0.3 is 10.0 Å². The molecule has 1 heterocycles. The van der Waals surface area contributed by atoms with Crippen molar-refractivity contribution >= 4 is 21.9 Å². The number of amides is 1. The average molecular weight is 368 g/mol. The van der Waals surface area contributed by atoms with Gasteiger partial charge in [-0.1, -0.05) is 12.5 Å². The quantitative estimate of drug-likeness (QED) is 0.855. The van der Waals surface area contributed by atoms with Crippen molar-refractivity contribution in [1.82, 2.24) is 9.21 Å². The molecule has 2 rings (SSSR count). The minimum Gasteiger partial charge on any atom is -0.480 e. The molecular formula is C17H24N2O5S. The number of nitrogens with zero attached hydrogens (tertiary/aromatic N) is 2. The van der Waals surface area contributed by atoms with Crippen LogP contribution in [0.3, 0.4) is 0 Å². The average Bonchev–Trinajstić information content (AvgIpc) is 2.61. The molecule has 25 heavy (non-hydrogen) atoms. The van der Waals surface area contributed by atoms with Gasteiger partial charge in [0.15, 0.2) is 0 Å². The van der Waals surface area contributed by atoms with Crippen molar-refractivity contribution in [2.24, 2.45) is 0 Å². The summed E-state index contributed by atoms with van der Waals surface area (Å²) in [6.07, 6.45) is 2.67. The SMILES string of the molecule is CN(C(=O)c1cccc(S(=O)(=O)N2CCCCC2)c1)C(C)(C)C(=O)O. The Morgan fingerprint density at radius 3 is 2.32 bits per heavy atom. The maximum absolute atomic E-state index is 12.7. The van der Waals surface area contributed by atoms with E-state index in [2.05, 4.69) is 0 Å². The number of rotatable bonds is 5. The maximum Gasteiger partial charge on any atom is 0.329 e. The Balaban J connectivity index is 2.32. The van der Waals surface area contributed by atoms with Crippen molar-refractivity contribution < 1.29 is 23.1 Å². The molecule has 8 heteroatoms. The van der Waals surface area contributed by atoms with Gasteiger partial charge in [0.2, 0.25) is 10.0 Å². The van der Waals surface area contributed by atoms with Crippen molar-refractivity contribution in [3.63, 3.8) is 0 Å². The molecule has 0 unspecified atom stereocenters. The van der Waals surface area contributed by atoms with Gasteiger partial charge >= 0.3 is 5.97 Å². The first kappa shape index (κ1) is 19.4. The van der Waals surface area contributed by atoms with Gasteiger partial charge in [-0.15, -0.1) is 0 Å². The first-order chi connectivity index (χ1) is 11.6. The predicted octanol–water partition coefficient (Wildman–Crippen LogP) is 1.80. The van der Waals surface area contributed by atoms with Crippen LogP contribution in [0, 0.1) is 0 Å². The molecule has 1 aliphatic rings. The van der Waals surface area contributed by atoms with Gasteiger partial charge in [-0.3, -0.25) is 4.79 Å². The number of carbonyl (C=O) groups is 2. The van der Waals surface area contributed by atoms with Gasteiger partial charge in [-0.25, -0.2) is 13.2 Å². The van der Waals surface area contributed by atoms with Gasteiger partial charge in [-0.2, -0.15) is 4.31 Å². The summed E-state index contributed by atoms with van der Waals surface area (Å²) in [5.74, 6) is -1.68. The largest absolute Gasteiger partial charge is 0.480 e. The fourth-order valence-corrected chi connectivity index (χ4v) is 4.20. The molecule has 1 aliphatic heterocycles. The molecule has 0 atom stereocenters. The second-order valence-corrected chi connectivity index (χ2v) is 8.66. The van der Waals surface area contributed by atoms with Crippen LogP contribution in [0.25, 0.3) is 0 Å². The molecule has 7 nitrogen and oxygen atoms in total. The van der Waals surface area contributed by atoms with E-state index >= 15 is 0 Å². The Hall–Kier alpha value is -1.93. The van der Waals surface area contributed by atoms with E-state index in [-0.39, 0.29) is 10.5 Å². The van der Waals surface area contributed by atoms with E-state index in [1.807, 2.05) is 0 Å². The number of sulfonamides is 1. The number of likely N-dealkylation sites (N-methyl/N-ethyl adjacent to an activating group) is 1. The number of carbonyl (C=O) groups excluding carboxylic acids is 1. The third-order valence-electron chi connectivity index (χ3n) is 4.70. The molecule has 0 bridgehead atoms. The van der Waals surface area contributed by atoms with Crippen molar-refractivity contribution in [2.75, 3.05) is 20.1 Å². The molecule has 0 aliphatic carbocycles. The molecule has 0 spiro atoms. The molecular weight excluding hydrogens is 344 g/mol. The second kappa shape index (κ2) is 7.13. The lowest BCUT2D eigenvalue weighted by Gasteiger charge is -2.31. The minimum absolute atomic E-state index is 0.0572. The standard InChI is InChI=1S/C17H24N2O5S/c1-17(2,16(21)22)18(3)15(20)13-8-7-9-14(12-13)25(23,24)19-10-5-4-6-11-19/h7-9,12H,4-6,10-11H2,1-3H3,(H,21,22). The summed E-state index contributed by atoms with van der Waals surface area (Å²) >= 11 is 0. The highest BCUT2D eigenvalue weighted by molar-refractivity contribution is 7.89. The Kier molecular flexibility index (Phi) is 5.53. The molecule has 0 aromatic heterocycles. The van der Waals surface area contributed by atoms with Crippen molar-refractivity contribution in [3.05, 3.63) is 29.8 Å². The van der Waals surface area contributed by atoms with Crippen LogP contribution in [0.2, 0.25) is 0 Å². The Bertz CT molecular complexity index is 767. The zero-order valence-electron chi connectivity index (χ0n) is 14.7. The van der Waals surface area contributed by atoms with Gasteiger partial charge in [0, 0.05) is 25.7 Å². The summed E-state index contributed by atoms with van der Waals surface area (Å²) in [6, 6.07) is 5.78. The number of hydrogen-bond donors (Lipinski definition) is 1. The topological polar surface area (TPSA) is 95.0 Å². The first-order valence-corrected chi connectivity index (χ1v) is 9.64. The van der Waals surface area contributed by atoms with E-state index in [0.717, 1.165) is 24.2 Å². The van der Waals surface area contributed by atoms with Crippen LogP contribution in [-0.4, -0.2) is 60.3 Å². The lowest BCUT2D eigenvalue weighted by atomic mass is 10.0. The number of carboxylic acids is 1. The molecule has 0 saturated carbocycles. The van der Waals surface area contributed by atoms with E-state index in [1.54, 1.807) is 0 Å². The fourth-order valence-electron chi connectivity index (χ4n) is 2.63. The monoisotopic (exact) mass is 368 g/mol. The van der Waals surface area contributed by atoms with Crippen LogP contribution < -0.4 is 0 Å². The lowest BCUT2D eigenvalue weighted by Crippen LogP contribution is -2.50. The Morgan fingerprint density at radius 2 is 1.76 bits per heavy atom. The van der Waals surface area contributed by atoms with E-state index < -0.39 is 27.4 Å². The Labute approximate surface area is 148 Å². The first-order valence-electron chi connectivity index (χ1n) is 8.20. The summed E-state index contributed by atoms with van der Waals surface area (Å²) in [6.45, 7) is 3.79. The van der Waals surface area contributed by atoms with Gasteiger partial charge in [-0.05, 0) is 44.9 Å². The summed E-state index contributed by atoms with van der Waals surface area (Å²) in [7, 11) is -2.26. The van der Waals surface area contributed by atoms with E-state index in [9.17, 15) is 23.1 Å². The van der Waals surface area contributed by atoms with Crippen LogP contribution in [-0.2, 0) is 14.8 Å². The fraction of sp³-hybridized carbons (Fsp3) is 0.529. The molecule has 1 aromatic carbocycles. The molecule has 0 radical (unpaired) electrons. The smallest absolute Gasteiger partial charge is 0.329 e. The molecule has 138 valence electrons. The maximum atomic E-state index is 12.7. The second-order valence-electron chi connectivity index (χ2n) is 6.72. The summed E-state index contributed by atoms with van der Waals surface area (Å²) < 4.78 is 26.9. The van der Waals surface area contributed by atoms with Gasteiger partial charge in [0.1, 0.15) is 5.54 Å². The number of piperidine rings is 1. The normalized spacial score (nSPS) is 16.4. The van der Waals surface area contributed by atoms with Crippen molar-refractivity contribution in [3.8, 4) is 0 Å². The zero-order valence-corrected chi connectivity index (χ0v) is 15.5. The van der Waals surface area contributed by atoms with Crippen LogP contribution in [0.5, 0.6) is 0 Å². The van der Waals surface area contributed by atoms with E-state index in [1.165, 1.54) is 49.5 Å². The molecule has 1 N–H and O–H groups in total. The predicted molar refractivity (Wildman–Crippen MR) is 92.9 cm³/mol. The van der Waals surface area contributed by atoms with E-state index in [0.29, 0.717) is 13.1 Å². The summed E-state index contributed by atoms with van der Waals surface area (Å²) in [4.78, 5) is 25.1. The molecule has 1 amide bonds. The van der Waals surface area contributed by atoms with Crippen molar-refractivity contribution in [2.45, 2.75) is 43.5 Å². The van der Waals surface area contributed by atoms with Crippen LogP contribution in [0.15, 0.2) is 29.2 Å². The molecule has 1 fully saturated rings. The summed E-state index contributed by atoms with van der Waals surface area (Å²) in [5.41, 5.74) is -1.26.